The maximum Gasteiger partial charge on any atom is 0.431 e. The minimum atomic E-state index is -4.85. The molecule has 0 saturated carbocycles. The monoisotopic (exact) mass is 406 g/mol. The molecule has 2 aromatic rings. The maximum absolute atomic E-state index is 12.9. The molecule has 10 heteroatoms. The molecule has 0 saturated heterocycles. The number of hydrogen-bond acceptors (Lipinski definition) is 3. The zero-order valence-electron chi connectivity index (χ0n) is 13.2. The zero-order valence-corrected chi connectivity index (χ0v) is 14.7. The summed E-state index contributed by atoms with van der Waals surface area (Å²) in [7, 11) is 0.914. The fraction of sp³-hybridized carbons (Fsp3) is 0.188. The van der Waals surface area contributed by atoms with E-state index in [1.807, 2.05) is 0 Å². The first-order valence-corrected chi connectivity index (χ1v) is 7.94. The van der Waals surface area contributed by atoms with Crippen LogP contribution in [0.25, 0.3) is 11.8 Å². The van der Waals surface area contributed by atoms with Crippen molar-refractivity contribution in [3.63, 3.8) is 0 Å². The van der Waals surface area contributed by atoms with Gasteiger partial charge in [-0.3, -0.25) is 14.2 Å². The second-order valence-electron chi connectivity index (χ2n) is 5.18. The number of rotatable bonds is 4. The molecule has 0 aliphatic carbocycles. The van der Waals surface area contributed by atoms with E-state index >= 15 is 0 Å². The number of alkyl halides is 4. The van der Waals surface area contributed by atoms with E-state index in [2.05, 4.69) is 0 Å². The van der Waals surface area contributed by atoms with Gasteiger partial charge in [0.25, 0.3) is 5.56 Å². The Morgan fingerprint density at radius 2 is 1.88 bits per heavy atom. The molecule has 0 fully saturated rings. The predicted octanol–water partition coefficient (Wildman–Crippen LogP) is 3.03. The van der Waals surface area contributed by atoms with Gasteiger partial charge in [0.15, 0.2) is 5.78 Å². The summed E-state index contributed by atoms with van der Waals surface area (Å²) in [5, 5.41) is 0.212. The van der Waals surface area contributed by atoms with Crippen LogP contribution in [-0.2, 0) is 18.0 Å². The van der Waals surface area contributed by atoms with Crippen molar-refractivity contribution in [2.24, 2.45) is 7.05 Å². The number of hydrogen-bond donors (Lipinski definition) is 0. The molecule has 0 N–H and O–H groups in total. The molecule has 5 nitrogen and oxygen atoms in total. The van der Waals surface area contributed by atoms with Gasteiger partial charge in [0.1, 0.15) is 5.69 Å². The molecule has 0 amide bonds. The van der Waals surface area contributed by atoms with Crippen molar-refractivity contribution >= 4 is 35.1 Å². The van der Waals surface area contributed by atoms with E-state index < -0.39 is 28.9 Å². The van der Waals surface area contributed by atoms with Gasteiger partial charge in [-0.15, -0.1) is 11.6 Å². The van der Waals surface area contributed by atoms with Gasteiger partial charge in [-0.1, -0.05) is 11.6 Å². The highest BCUT2D eigenvalue weighted by Gasteiger charge is 2.35. The summed E-state index contributed by atoms with van der Waals surface area (Å²) in [6.07, 6.45) is -2.36. The van der Waals surface area contributed by atoms with Crippen LogP contribution in [-0.4, -0.2) is 20.8 Å². The SMILES string of the molecule is Cn1c(C(F)(F)F)cc(=O)n(-c2ccc(Cl)c(C=CC(=O)CCl)c2)c1=O. The van der Waals surface area contributed by atoms with Crippen molar-refractivity contribution in [2.75, 3.05) is 5.88 Å². The molecular formula is C16H11Cl2F3N2O3. The number of carbonyl (C=O) groups is 1. The minimum absolute atomic E-state index is 0.00620. The Morgan fingerprint density at radius 3 is 2.46 bits per heavy atom. The van der Waals surface area contributed by atoms with E-state index in [0.717, 1.165) is 13.1 Å². The Morgan fingerprint density at radius 1 is 1.23 bits per heavy atom. The maximum atomic E-state index is 12.9. The fourth-order valence-electron chi connectivity index (χ4n) is 2.16. The molecule has 1 aromatic carbocycles. The average molecular weight is 407 g/mol. The average Bonchev–Trinajstić information content (AvgIpc) is 2.57. The van der Waals surface area contributed by atoms with Crippen LogP contribution in [0, 0.1) is 0 Å². The van der Waals surface area contributed by atoms with Gasteiger partial charge < -0.3 is 0 Å². The highest BCUT2D eigenvalue weighted by Crippen LogP contribution is 2.27. The highest BCUT2D eigenvalue weighted by atomic mass is 35.5. The second-order valence-corrected chi connectivity index (χ2v) is 5.86. The van der Waals surface area contributed by atoms with Crippen molar-refractivity contribution < 1.29 is 18.0 Å². The fourth-order valence-corrected chi connectivity index (χ4v) is 2.43. The molecule has 26 heavy (non-hydrogen) atoms. The Kier molecular flexibility index (Phi) is 5.77. The summed E-state index contributed by atoms with van der Waals surface area (Å²) < 4.78 is 39.6. The van der Waals surface area contributed by atoms with Crippen molar-refractivity contribution in [2.45, 2.75) is 6.18 Å². The van der Waals surface area contributed by atoms with Gasteiger partial charge >= 0.3 is 11.9 Å². The molecule has 0 unspecified atom stereocenters. The quantitative estimate of drug-likeness (QED) is 0.579. The van der Waals surface area contributed by atoms with E-state index in [0.29, 0.717) is 15.2 Å². The van der Waals surface area contributed by atoms with Crippen LogP contribution in [0.1, 0.15) is 11.3 Å². The van der Waals surface area contributed by atoms with Crippen LogP contribution in [0.3, 0.4) is 0 Å². The Hall–Kier alpha value is -2.32. The van der Waals surface area contributed by atoms with E-state index in [1.165, 1.54) is 24.3 Å². The molecule has 0 aliphatic rings. The number of nitrogens with zero attached hydrogens (tertiary/aromatic N) is 2. The number of benzene rings is 1. The van der Waals surface area contributed by atoms with E-state index in [-0.39, 0.29) is 22.2 Å². The predicted molar refractivity (Wildman–Crippen MR) is 92.1 cm³/mol. The lowest BCUT2D eigenvalue weighted by atomic mass is 10.1. The normalized spacial score (nSPS) is 11.9. The summed E-state index contributed by atoms with van der Waals surface area (Å²) in [6, 6.07) is 4.29. The topological polar surface area (TPSA) is 61.1 Å². The zero-order chi connectivity index (χ0) is 19.6. The Bertz CT molecular complexity index is 1010. The molecule has 2 rings (SSSR count). The van der Waals surface area contributed by atoms with Crippen molar-refractivity contribution in [3.8, 4) is 5.69 Å². The second kappa shape index (κ2) is 7.51. The van der Waals surface area contributed by atoms with Gasteiger partial charge in [-0.25, -0.2) is 9.36 Å². The van der Waals surface area contributed by atoms with Gasteiger partial charge in [0.2, 0.25) is 0 Å². The molecule has 1 aromatic heterocycles. The Labute approximate surface area is 154 Å². The van der Waals surface area contributed by atoms with Crippen LogP contribution in [0.2, 0.25) is 5.02 Å². The molecule has 0 bridgehead atoms. The van der Waals surface area contributed by atoms with Crippen LogP contribution in [0.15, 0.2) is 39.9 Å². The summed E-state index contributed by atoms with van der Waals surface area (Å²) >= 11 is 11.4. The summed E-state index contributed by atoms with van der Waals surface area (Å²) in [4.78, 5) is 35.6. The first-order valence-electron chi connectivity index (χ1n) is 7.03. The van der Waals surface area contributed by atoms with Crippen LogP contribution in [0.5, 0.6) is 0 Å². The first-order chi connectivity index (χ1) is 12.1. The summed E-state index contributed by atoms with van der Waals surface area (Å²) in [5.74, 6) is -0.636. The number of allylic oxidation sites excluding steroid dienone is 1. The van der Waals surface area contributed by atoms with Crippen molar-refractivity contribution in [1.29, 1.82) is 0 Å². The highest BCUT2D eigenvalue weighted by molar-refractivity contribution is 6.32. The van der Waals surface area contributed by atoms with Crippen LogP contribution < -0.4 is 11.2 Å². The first kappa shape index (κ1) is 20.0. The number of ketones is 1. The lowest BCUT2D eigenvalue weighted by Crippen LogP contribution is -2.40. The molecular weight excluding hydrogens is 396 g/mol. The number of aromatic nitrogens is 2. The largest absolute Gasteiger partial charge is 0.431 e. The lowest BCUT2D eigenvalue weighted by Gasteiger charge is -2.14. The van der Waals surface area contributed by atoms with Crippen molar-refractivity contribution in [3.05, 3.63) is 67.5 Å². The van der Waals surface area contributed by atoms with Crippen LogP contribution in [0.4, 0.5) is 13.2 Å². The smallest absolute Gasteiger partial charge is 0.294 e. The lowest BCUT2D eigenvalue weighted by molar-refractivity contribution is -0.144. The van der Waals surface area contributed by atoms with Gasteiger partial charge in [0.05, 0.1) is 11.6 Å². The van der Waals surface area contributed by atoms with E-state index in [1.54, 1.807) is 0 Å². The molecule has 0 spiro atoms. The third kappa shape index (κ3) is 4.08. The molecule has 0 aliphatic heterocycles. The Balaban J connectivity index is 2.65. The third-order valence-electron chi connectivity index (χ3n) is 3.43. The van der Waals surface area contributed by atoms with Crippen molar-refractivity contribution in [1.82, 2.24) is 9.13 Å². The molecule has 0 atom stereocenters. The summed E-state index contributed by atoms with van der Waals surface area (Å²) in [5.41, 5.74) is -3.37. The van der Waals surface area contributed by atoms with Gasteiger partial charge in [-0.05, 0) is 35.9 Å². The summed E-state index contributed by atoms with van der Waals surface area (Å²) in [6.45, 7) is 0. The van der Waals surface area contributed by atoms with Gasteiger partial charge in [-0.2, -0.15) is 13.2 Å². The minimum Gasteiger partial charge on any atom is -0.294 e. The van der Waals surface area contributed by atoms with Crippen LogP contribution >= 0.6 is 23.2 Å². The van der Waals surface area contributed by atoms with E-state index in [4.69, 9.17) is 23.2 Å². The molecule has 1 heterocycles. The standard InChI is InChI=1S/C16H11Cl2F3N2O3/c1-22-13(16(19,20)21)7-14(25)23(15(22)26)10-3-5-12(18)9(6-10)2-4-11(24)8-17/h2-7H,8H2,1H3. The third-order valence-corrected chi connectivity index (χ3v) is 4.04. The van der Waals surface area contributed by atoms with E-state index in [9.17, 15) is 27.6 Å². The molecule has 138 valence electrons. The number of halogens is 5. The number of carbonyl (C=O) groups excluding carboxylic acids is 1. The van der Waals surface area contributed by atoms with Gasteiger partial charge in [0, 0.05) is 18.1 Å². The molecule has 0 radical (unpaired) electrons.